The highest BCUT2D eigenvalue weighted by Gasteiger charge is 2.27. The second kappa shape index (κ2) is 4.45. The Bertz CT molecular complexity index is 253. The summed E-state index contributed by atoms with van der Waals surface area (Å²) in [5, 5.41) is 8.56. The summed E-state index contributed by atoms with van der Waals surface area (Å²) < 4.78 is 0. The molecule has 0 radical (unpaired) electrons. The molecule has 0 aliphatic rings. The van der Waals surface area contributed by atoms with Gasteiger partial charge in [0, 0.05) is 6.42 Å². The predicted molar refractivity (Wildman–Crippen MR) is 46.0 cm³/mol. The molecular formula is C8H13N3O2. The van der Waals surface area contributed by atoms with Crippen LogP contribution in [0.5, 0.6) is 0 Å². The standard InChI is InChI=1S/C8H13N3O2/c1-4-6(12)10-11-7(13)8(2,3)5-9/h4H2,1-3H3,(H,10,12)(H,11,13). The molecule has 0 rings (SSSR count). The number of carbonyl (C=O) groups is 2. The zero-order chi connectivity index (χ0) is 10.5. The fourth-order valence-corrected chi connectivity index (χ4v) is 0.422. The van der Waals surface area contributed by atoms with Gasteiger partial charge in [-0.1, -0.05) is 6.92 Å². The summed E-state index contributed by atoms with van der Waals surface area (Å²) in [6.07, 6.45) is 0.285. The van der Waals surface area contributed by atoms with Gasteiger partial charge < -0.3 is 0 Å². The minimum Gasteiger partial charge on any atom is -0.273 e. The molecule has 0 unspecified atom stereocenters. The van der Waals surface area contributed by atoms with Crippen molar-refractivity contribution >= 4 is 11.8 Å². The van der Waals surface area contributed by atoms with Gasteiger partial charge in [0.25, 0.3) is 5.91 Å². The smallest absolute Gasteiger partial charge is 0.258 e. The molecule has 72 valence electrons. The van der Waals surface area contributed by atoms with E-state index < -0.39 is 11.3 Å². The van der Waals surface area contributed by atoms with E-state index in [1.54, 1.807) is 6.92 Å². The molecule has 0 heterocycles. The lowest BCUT2D eigenvalue weighted by atomic mass is 9.95. The minimum atomic E-state index is -1.12. The summed E-state index contributed by atoms with van der Waals surface area (Å²) in [5.74, 6) is -0.807. The molecule has 5 nitrogen and oxygen atoms in total. The third-order valence-electron chi connectivity index (χ3n) is 1.48. The van der Waals surface area contributed by atoms with E-state index in [4.69, 9.17) is 5.26 Å². The van der Waals surface area contributed by atoms with Crippen LogP contribution >= 0.6 is 0 Å². The van der Waals surface area contributed by atoms with Crippen molar-refractivity contribution in [3.63, 3.8) is 0 Å². The second-order valence-electron chi connectivity index (χ2n) is 3.09. The number of rotatable bonds is 2. The van der Waals surface area contributed by atoms with Crippen molar-refractivity contribution in [2.45, 2.75) is 27.2 Å². The molecule has 0 aromatic heterocycles. The number of nitrogens with zero attached hydrogens (tertiary/aromatic N) is 1. The van der Waals surface area contributed by atoms with E-state index in [9.17, 15) is 9.59 Å². The third kappa shape index (κ3) is 3.56. The van der Waals surface area contributed by atoms with Crippen LogP contribution in [-0.2, 0) is 9.59 Å². The lowest BCUT2D eigenvalue weighted by Crippen LogP contribution is -2.46. The van der Waals surface area contributed by atoms with E-state index in [1.807, 2.05) is 6.07 Å². The fraction of sp³-hybridized carbons (Fsp3) is 0.625. The first-order valence-electron chi connectivity index (χ1n) is 3.94. The Hall–Kier alpha value is -1.57. The molecule has 0 atom stereocenters. The van der Waals surface area contributed by atoms with E-state index in [1.165, 1.54) is 13.8 Å². The number of hydrogen-bond acceptors (Lipinski definition) is 3. The van der Waals surface area contributed by atoms with Crippen LogP contribution in [-0.4, -0.2) is 11.8 Å². The molecule has 0 aromatic rings. The number of hydrogen-bond donors (Lipinski definition) is 2. The van der Waals surface area contributed by atoms with Gasteiger partial charge >= 0.3 is 0 Å². The van der Waals surface area contributed by atoms with Gasteiger partial charge in [0.2, 0.25) is 5.91 Å². The molecule has 0 aliphatic heterocycles. The van der Waals surface area contributed by atoms with Gasteiger partial charge in [-0.15, -0.1) is 0 Å². The molecule has 0 spiro atoms. The minimum absolute atomic E-state index is 0.285. The Kier molecular flexibility index (Phi) is 3.92. The zero-order valence-corrected chi connectivity index (χ0v) is 7.97. The van der Waals surface area contributed by atoms with Crippen molar-refractivity contribution in [1.82, 2.24) is 10.9 Å². The summed E-state index contributed by atoms with van der Waals surface area (Å²) in [6.45, 7) is 4.61. The average molecular weight is 183 g/mol. The Labute approximate surface area is 77.1 Å². The van der Waals surface area contributed by atoms with E-state index in [2.05, 4.69) is 10.9 Å². The maximum absolute atomic E-state index is 11.2. The van der Waals surface area contributed by atoms with Crippen LogP contribution in [0.1, 0.15) is 27.2 Å². The fourth-order valence-electron chi connectivity index (χ4n) is 0.422. The first-order chi connectivity index (χ1) is 5.94. The van der Waals surface area contributed by atoms with Crippen LogP contribution < -0.4 is 10.9 Å². The molecule has 0 aromatic carbocycles. The van der Waals surface area contributed by atoms with E-state index in [-0.39, 0.29) is 12.3 Å². The first kappa shape index (κ1) is 11.4. The van der Waals surface area contributed by atoms with Crippen molar-refractivity contribution < 1.29 is 9.59 Å². The molecular weight excluding hydrogens is 170 g/mol. The largest absolute Gasteiger partial charge is 0.273 e. The number of carbonyl (C=O) groups excluding carboxylic acids is 2. The van der Waals surface area contributed by atoms with Crippen molar-refractivity contribution in [3.05, 3.63) is 0 Å². The maximum Gasteiger partial charge on any atom is 0.258 e. The second-order valence-corrected chi connectivity index (χ2v) is 3.09. The maximum atomic E-state index is 11.2. The van der Waals surface area contributed by atoms with Crippen LogP contribution in [0.25, 0.3) is 0 Å². The summed E-state index contributed by atoms with van der Waals surface area (Å²) in [7, 11) is 0. The molecule has 0 saturated heterocycles. The average Bonchev–Trinajstić information content (AvgIpc) is 2.13. The Morgan fingerprint density at radius 3 is 2.31 bits per heavy atom. The molecule has 2 N–H and O–H groups in total. The summed E-state index contributed by atoms with van der Waals surface area (Å²) in [6, 6.07) is 1.82. The van der Waals surface area contributed by atoms with Crippen LogP contribution in [0.3, 0.4) is 0 Å². The van der Waals surface area contributed by atoms with Crippen molar-refractivity contribution in [3.8, 4) is 6.07 Å². The summed E-state index contributed by atoms with van der Waals surface area (Å²) >= 11 is 0. The SMILES string of the molecule is CCC(=O)NNC(=O)C(C)(C)C#N. The highest BCUT2D eigenvalue weighted by Crippen LogP contribution is 2.11. The Morgan fingerprint density at radius 1 is 1.38 bits per heavy atom. The van der Waals surface area contributed by atoms with E-state index in [0.717, 1.165) is 0 Å². The molecule has 0 bridgehead atoms. The monoisotopic (exact) mass is 183 g/mol. The summed E-state index contributed by atoms with van der Waals surface area (Å²) in [5.41, 5.74) is 3.22. The van der Waals surface area contributed by atoms with Crippen LogP contribution in [0.2, 0.25) is 0 Å². The number of nitrogens with one attached hydrogen (secondary N) is 2. The Morgan fingerprint density at radius 2 is 1.92 bits per heavy atom. The van der Waals surface area contributed by atoms with Crippen molar-refractivity contribution in [2.24, 2.45) is 5.41 Å². The van der Waals surface area contributed by atoms with Gasteiger partial charge in [0.1, 0.15) is 5.41 Å². The molecule has 13 heavy (non-hydrogen) atoms. The third-order valence-corrected chi connectivity index (χ3v) is 1.48. The normalized spacial score (nSPS) is 10.0. The predicted octanol–water partition coefficient (Wildman–Crippen LogP) is 0.0936. The van der Waals surface area contributed by atoms with Gasteiger partial charge in [-0.3, -0.25) is 20.4 Å². The van der Waals surface area contributed by atoms with Gasteiger partial charge in [0.15, 0.2) is 0 Å². The topological polar surface area (TPSA) is 82.0 Å². The van der Waals surface area contributed by atoms with Crippen LogP contribution in [0.15, 0.2) is 0 Å². The van der Waals surface area contributed by atoms with Crippen LogP contribution in [0, 0.1) is 16.7 Å². The highest BCUT2D eigenvalue weighted by atomic mass is 16.2. The zero-order valence-electron chi connectivity index (χ0n) is 7.97. The Balaban J connectivity index is 4.04. The molecule has 0 aliphatic carbocycles. The summed E-state index contributed by atoms with van der Waals surface area (Å²) in [4.78, 5) is 21.9. The molecule has 5 heteroatoms. The van der Waals surface area contributed by atoms with E-state index >= 15 is 0 Å². The molecule has 0 saturated carbocycles. The molecule has 2 amide bonds. The number of hydrazine groups is 1. The number of amides is 2. The van der Waals surface area contributed by atoms with E-state index in [0.29, 0.717) is 0 Å². The van der Waals surface area contributed by atoms with Crippen LogP contribution in [0.4, 0.5) is 0 Å². The highest BCUT2D eigenvalue weighted by molar-refractivity contribution is 5.87. The van der Waals surface area contributed by atoms with Gasteiger partial charge in [-0.2, -0.15) is 5.26 Å². The molecule has 0 fully saturated rings. The van der Waals surface area contributed by atoms with Gasteiger partial charge in [-0.05, 0) is 13.8 Å². The quantitative estimate of drug-likeness (QED) is 0.595. The van der Waals surface area contributed by atoms with Crippen molar-refractivity contribution in [1.29, 1.82) is 5.26 Å². The van der Waals surface area contributed by atoms with Gasteiger partial charge in [-0.25, -0.2) is 0 Å². The van der Waals surface area contributed by atoms with Crippen molar-refractivity contribution in [2.75, 3.05) is 0 Å². The lowest BCUT2D eigenvalue weighted by molar-refractivity contribution is -0.132. The first-order valence-corrected chi connectivity index (χ1v) is 3.94. The van der Waals surface area contributed by atoms with Gasteiger partial charge in [0.05, 0.1) is 6.07 Å². The lowest BCUT2D eigenvalue weighted by Gasteiger charge is -2.14. The number of nitriles is 1.